The van der Waals surface area contributed by atoms with Gasteiger partial charge in [-0.1, -0.05) is 31.9 Å². The van der Waals surface area contributed by atoms with Gasteiger partial charge in [-0.3, -0.25) is 4.99 Å². The summed E-state index contributed by atoms with van der Waals surface area (Å²) in [5.74, 6) is 1.28. The van der Waals surface area contributed by atoms with Gasteiger partial charge in [0.15, 0.2) is 0 Å². The molecule has 0 aromatic heterocycles. The van der Waals surface area contributed by atoms with Crippen molar-refractivity contribution in [1.29, 1.82) is 0 Å². The number of amidine groups is 1. The van der Waals surface area contributed by atoms with Crippen LogP contribution in [0.25, 0.3) is 0 Å². The quantitative estimate of drug-likeness (QED) is 0.479. The predicted octanol–water partition coefficient (Wildman–Crippen LogP) is 2.97. The highest BCUT2D eigenvalue weighted by molar-refractivity contribution is 5.83. The summed E-state index contributed by atoms with van der Waals surface area (Å²) < 4.78 is 0. The molecule has 0 radical (unpaired) electrons. The average molecular weight is 251 g/mol. The number of hydrogen-bond donors (Lipinski definition) is 1. The van der Waals surface area contributed by atoms with E-state index in [9.17, 15) is 0 Å². The van der Waals surface area contributed by atoms with Gasteiger partial charge in [-0.25, -0.2) is 0 Å². The molecule has 0 aromatic carbocycles. The summed E-state index contributed by atoms with van der Waals surface area (Å²) in [4.78, 5) is 6.90. The average Bonchev–Trinajstić information content (AvgIpc) is 2.81. The second-order valence-corrected chi connectivity index (χ2v) is 4.93. The van der Waals surface area contributed by atoms with Gasteiger partial charge in [0, 0.05) is 26.1 Å². The summed E-state index contributed by atoms with van der Waals surface area (Å²) >= 11 is 0. The summed E-state index contributed by atoms with van der Waals surface area (Å²) in [6.45, 7) is 5.97. The van der Waals surface area contributed by atoms with Crippen molar-refractivity contribution in [1.82, 2.24) is 4.90 Å². The van der Waals surface area contributed by atoms with E-state index in [-0.39, 0.29) is 0 Å². The van der Waals surface area contributed by atoms with E-state index in [1.165, 1.54) is 44.4 Å². The van der Waals surface area contributed by atoms with Crippen LogP contribution in [-0.4, -0.2) is 36.9 Å². The molecule has 0 aromatic rings. The number of nitrogens with two attached hydrogens (primary N) is 1. The summed E-state index contributed by atoms with van der Waals surface area (Å²) in [6.07, 6.45) is 13.4. The van der Waals surface area contributed by atoms with Gasteiger partial charge < -0.3 is 10.6 Å². The van der Waals surface area contributed by atoms with Crippen LogP contribution in [0.2, 0.25) is 0 Å². The largest absolute Gasteiger partial charge is 0.357 e. The fourth-order valence-electron chi connectivity index (χ4n) is 2.29. The van der Waals surface area contributed by atoms with E-state index in [1.54, 1.807) is 0 Å². The predicted molar refractivity (Wildman–Crippen MR) is 80.1 cm³/mol. The van der Waals surface area contributed by atoms with E-state index in [0.29, 0.717) is 0 Å². The van der Waals surface area contributed by atoms with Gasteiger partial charge >= 0.3 is 0 Å². The second kappa shape index (κ2) is 10.1. The number of aliphatic imine (C=N–C) groups is 1. The summed E-state index contributed by atoms with van der Waals surface area (Å²) in [6, 6.07) is 0. The molecular weight excluding hydrogens is 222 g/mol. The number of allylic oxidation sites excluding steroid dienone is 2. The third kappa shape index (κ3) is 6.20. The van der Waals surface area contributed by atoms with Crippen molar-refractivity contribution >= 4 is 5.84 Å². The standard InChI is InChI=1S/C15H29N3/c1-2-3-4-5-6-7-8-9-10-15-17-12-14-18(15)13-11-16/h6-7H,2-5,8-14,16H2,1H3/b7-6+. The molecule has 0 atom stereocenters. The fraction of sp³-hybridized carbons (Fsp3) is 0.800. The topological polar surface area (TPSA) is 41.6 Å². The monoisotopic (exact) mass is 251 g/mol. The van der Waals surface area contributed by atoms with Crippen LogP contribution in [0, 0.1) is 0 Å². The summed E-state index contributed by atoms with van der Waals surface area (Å²) in [7, 11) is 0. The highest BCUT2D eigenvalue weighted by Gasteiger charge is 2.14. The maximum absolute atomic E-state index is 5.60. The normalized spacial score (nSPS) is 15.7. The van der Waals surface area contributed by atoms with Crippen LogP contribution in [0.3, 0.4) is 0 Å². The van der Waals surface area contributed by atoms with Crippen molar-refractivity contribution in [3.05, 3.63) is 12.2 Å². The maximum Gasteiger partial charge on any atom is 0.0990 e. The van der Waals surface area contributed by atoms with E-state index in [0.717, 1.165) is 32.6 Å². The molecule has 2 N–H and O–H groups in total. The minimum absolute atomic E-state index is 0.732. The molecule has 0 aliphatic carbocycles. The SMILES string of the molecule is CCCCC/C=C/CCCC1=NCCN1CCN. The molecule has 18 heavy (non-hydrogen) atoms. The maximum atomic E-state index is 5.60. The van der Waals surface area contributed by atoms with Crippen LogP contribution in [0.15, 0.2) is 17.1 Å². The van der Waals surface area contributed by atoms with Crippen LogP contribution >= 0.6 is 0 Å². The molecule has 0 saturated carbocycles. The van der Waals surface area contributed by atoms with Gasteiger partial charge in [0.1, 0.15) is 0 Å². The zero-order chi connectivity index (χ0) is 13.1. The molecule has 0 saturated heterocycles. The zero-order valence-electron chi connectivity index (χ0n) is 11.9. The van der Waals surface area contributed by atoms with Gasteiger partial charge in [-0.2, -0.15) is 0 Å². The van der Waals surface area contributed by atoms with Crippen LogP contribution in [0.5, 0.6) is 0 Å². The molecular formula is C15H29N3. The van der Waals surface area contributed by atoms with Gasteiger partial charge in [0.2, 0.25) is 0 Å². The Hall–Kier alpha value is -0.830. The Bertz CT molecular complexity index is 258. The van der Waals surface area contributed by atoms with Crippen LogP contribution in [-0.2, 0) is 0 Å². The van der Waals surface area contributed by atoms with Gasteiger partial charge in [0.05, 0.1) is 12.4 Å². The third-order valence-electron chi connectivity index (χ3n) is 3.34. The van der Waals surface area contributed by atoms with Gasteiger partial charge in [-0.15, -0.1) is 0 Å². The van der Waals surface area contributed by atoms with Gasteiger partial charge in [-0.05, 0) is 25.7 Å². The van der Waals surface area contributed by atoms with E-state index in [2.05, 4.69) is 29.0 Å². The van der Waals surface area contributed by atoms with Crippen molar-refractivity contribution in [2.45, 2.75) is 51.9 Å². The Kier molecular flexibility index (Phi) is 8.57. The molecule has 0 spiro atoms. The molecule has 1 aliphatic heterocycles. The molecule has 0 fully saturated rings. The first-order chi connectivity index (χ1) is 8.88. The Morgan fingerprint density at radius 1 is 1.22 bits per heavy atom. The molecule has 1 aliphatic rings. The number of nitrogens with zero attached hydrogens (tertiary/aromatic N) is 2. The lowest BCUT2D eigenvalue weighted by Crippen LogP contribution is -2.32. The Balaban J connectivity index is 2.03. The van der Waals surface area contributed by atoms with Gasteiger partial charge in [0.25, 0.3) is 0 Å². The molecule has 104 valence electrons. The van der Waals surface area contributed by atoms with Crippen molar-refractivity contribution in [2.24, 2.45) is 10.7 Å². The van der Waals surface area contributed by atoms with Crippen molar-refractivity contribution in [3.8, 4) is 0 Å². The Labute approximate surface area is 112 Å². The lowest BCUT2D eigenvalue weighted by molar-refractivity contribution is 0.458. The lowest BCUT2D eigenvalue weighted by atomic mass is 10.1. The summed E-state index contributed by atoms with van der Waals surface area (Å²) in [5, 5.41) is 0. The van der Waals surface area contributed by atoms with Crippen molar-refractivity contribution in [3.63, 3.8) is 0 Å². The molecule has 0 bridgehead atoms. The molecule has 0 amide bonds. The Morgan fingerprint density at radius 3 is 2.72 bits per heavy atom. The second-order valence-electron chi connectivity index (χ2n) is 4.93. The third-order valence-corrected chi connectivity index (χ3v) is 3.34. The highest BCUT2D eigenvalue weighted by Crippen LogP contribution is 2.09. The Morgan fingerprint density at radius 2 is 2.00 bits per heavy atom. The van der Waals surface area contributed by atoms with E-state index in [4.69, 9.17) is 5.73 Å². The molecule has 0 unspecified atom stereocenters. The number of rotatable bonds is 10. The first-order valence-corrected chi connectivity index (χ1v) is 7.51. The minimum atomic E-state index is 0.732. The van der Waals surface area contributed by atoms with Crippen LogP contribution < -0.4 is 5.73 Å². The summed E-state index contributed by atoms with van der Waals surface area (Å²) in [5.41, 5.74) is 5.60. The molecule has 3 heteroatoms. The van der Waals surface area contributed by atoms with Crippen LogP contribution in [0.4, 0.5) is 0 Å². The zero-order valence-corrected chi connectivity index (χ0v) is 11.9. The fourth-order valence-corrected chi connectivity index (χ4v) is 2.29. The first-order valence-electron chi connectivity index (χ1n) is 7.51. The van der Waals surface area contributed by atoms with Crippen LogP contribution in [0.1, 0.15) is 51.9 Å². The van der Waals surface area contributed by atoms with Crippen molar-refractivity contribution < 1.29 is 0 Å². The highest BCUT2D eigenvalue weighted by atomic mass is 15.2. The van der Waals surface area contributed by atoms with E-state index in [1.807, 2.05) is 0 Å². The molecule has 3 nitrogen and oxygen atoms in total. The van der Waals surface area contributed by atoms with Crippen molar-refractivity contribution in [2.75, 3.05) is 26.2 Å². The van der Waals surface area contributed by atoms with E-state index >= 15 is 0 Å². The molecule has 1 rings (SSSR count). The molecule has 1 heterocycles. The van der Waals surface area contributed by atoms with E-state index < -0.39 is 0 Å². The first kappa shape index (κ1) is 15.2. The smallest absolute Gasteiger partial charge is 0.0990 e. The number of unbranched alkanes of at least 4 members (excludes halogenated alkanes) is 4. The lowest BCUT2D eigenvalue weighted by Gasteiger charge is -2.18. The minimum Gasteiger partial charge on any atom is -0.357 e. The number of hydrogen-bond acceptors (Lipinski definition) is 3.